The molecule has 12 heteroatoms. The number of aliphatic carboxylic acids is 1. The molecule has 38 heavy (non-hydrogen) atoms. The van der Waals surface area contributed by atoms with E-state index in [0.717, 1.165) is 0 Å². The van der Waals surface area contributed by atoms with E-state index in [-0.39, 0.29) is 23.1 Å². The van der Waals surface area contributed by atoms with Crippen LogP contribution in [-0.2, 0) is 25.6 Å². The summed E-state index contributed by atoms with van der Waals surface area (Å²) in [4.78, 5) is 65.5. The third-order valence-corrected chi connectivity index (χ3v) is 5.77. The highest BCUT2D eigenvalue weighted by Gasteiger charge is 2.30. The minimum atomic E-state index is -1.42. The number of carbonyl (C=O) groups is 5. The van der Waals surface area contributed by atoms with E-state index < -0.39 is 54.6 Å². The van der Waals surface area contributed by atoms with Crippen LogP contribution in [0.25, 0.3) is 0 Å². The van der Waals surface area contributed by atoms with Gasteiger partial charge in [0.2, 0.25) is 11.8 Å². The number of nitrogens with zero attached hydrogens (tertiary/aromatic N) is 1. The number of aromatic nitrogens is 1. The molecule has 0 aliphatic rings. The van der Waals surface area contributed by atoms with Gasteiger partial charge in [0, 0.05) is 17.3 Å². The maximum atomic E-state index is 13.1. The second-order valence-electron chi connectivity index (χ2n) is 8.76. The van der Waals surface area contributed by atoms with Crippen LogP contribution in [0, 0.1) is 5.92 Å². The molecule has 11 nitrogen and oxygen atoms in total. The van der Waals surface area contributed by atoms with Gasteiger partial charge in [-0.25, -0.2) is 4.98 Å². The molecule has 0 spiro atoms. The maximum absolute atomic E-state index is 13.1. The quantitative estimate of drug-likeness (QED) is 0.238. The number of rotatable bonds is 14. The molecular formula is C26H30ClN3O8. The smallest absolute Gasteiger partial charge is 0.305 e. The monoisotopic (exact) mass is 547 g/mol. The lowest BCUT2D eigenvalue weighted by atomic mass is 10.0. The first kappa shape index (κ1) is 30.2. The first-order valence-electron chi connectivity index (χ1n) is 11.7. The predicted octanol–water partition coefficient (Wildman–Crippen LogP) is 2.24. The van der Waals surface area contributed by atoms with Crippen molar-refractivity contribution in [3.05, 3.63) is 52.8 Å². The van der Waals surface area contributed by atoms with E-state index in [1.165, 1.54) is 26.3 Å². The Morgan fingerprint density at radius 3 is 2.37 bits per heavy atom. The summed E-state index contributed by atoms with van der Waals surface area (Å²) in [7, 11) is 1.43. The number of ketones is 2. The maximum Gasteiger partial charge on any atom is 0.305 e. The van der Waals surface area contributed by atoms with Gasteiger partial charge in [0.05, 0.1) is 20.0 Å². The number of amides is 2. The van der Waals surface area contributed by atoms with Crippen molar-refractivity contribution in [3.8, 4) is 11.5 Å². The topological polar surface area (TPSA) is 161 Å². The first-order valence-corrected chi connectivity index (χ1v) is 12.1. The van der Waals surface area contributed by atoms with Gasteiger partial charge in [-0.1, -0.05) is 25.4 Å². The van der Waals surface area contributed by atoms with Crippen LogP contribution in [0.5, 0.6) is 11.5 Å². The van der Waals surface area contributed by atoms with Gasteiger partial charge in [-0.2, -0.15) is 0 Å². The Hall–Kier alpha value is -3.99. The van der Waals surface area contributed by atoms with Crippen molar-refractivity contribution < 1.29 is 38.6 Å². The van der Waals surface area contributed by atoms with Gasteiger partial charge >= 0.3 is 5.97 Å². The minimum Gasteiger partial charge on any atom is -0.496 e. The van der Waals surface area contributed by atoms with Crippen LogP contribution < -0.4 is 20.1 Å². The second kappa shape index (κ2) is 14.1. The van der Waals surface area contributed by atoms with Crippen molar-refractivity contribution in [3.63, 3.8) is 0 Å². The highest BCUT2D eigenvalue weighted by atomic mass is 35.5. The lowest BCUT2D eigenvalue weighted by molar-refractivity contribution is -0.141. The number of Topliss-reactive ketones (excluding diaryl/α,β-unsaturated/α-hetero) is 2. The molecule has 1 aromatic carbocycles. The Morgan fingerprint density at radius 1 is 1.08 bits per heavy atom. The molecule has 0 bridgehead atoms. The zero-order valence-electron chi connectivity index (χ0n) is 21.4. The molecule has 2 aromatic rings. The Balaban J connectivity index is 2.12. The van der Waals surface area contributed by atoms with Crippen molar-refractivity contribution in [1.82, 2.24) is 15.6 Å². The molecular weight excluding hydrogens is 518 g/mol. The molecule has 1 aromatic heterocycles. The minimum absolute atomic E-state index is 0.0205. The lowest BCUT2D eigenvalue weighted by Gasteiger charge is -2.25. The molecule has 0 radical (unpaired) electrons. The number of carbonyl (C=O) groups excluding carboxylic acids is 4. The third-order valence-electron chi connectivity index (χ3n) is 5.48. The van der Waals surface area contributed by atoms with Crippen LogP contribution in [0.4, 0.5) is 0 Å². The summed E-state index contributed by atoms with van der Waals surface area (Å²) < 4.78 is 10.6. The fourth-order valence-electron chi connectivity index (χ4n) is 3.48. The van der Waals surface area contributed by atoms with Gasteiger partial charge in [-0.15, -0.1) is 0 Å². The molecule has 0 saturated heterocycles. The number of carboxylic acids is 1. The summed E-state index contributed by atoms with van der Waals surface area (Å²) in [6.07, 6.45) is 0.557. The van der Waals surface area contributed by atoms with Crippen molar-refractivity contribution in [1.29, 1.82) is 0 Å². The summed E-state index contributed by atoms with van der Waals surface area (Å²) in [5.41, 5.74) is 0.849. The largest absolute Gasteiger partial charge is 0.496 e. The van der Waals surface area contributed by atoms with Crippen LogP contribution >= 0.6 is 11.6 Å². The number of ether oxygens (including phenoxy) is 2. The van der Waals surface area contributed by atoms with Gasteiger partial charge in [0.15, 0.2) is 22.5 Å². The van der Waals surface area contributed by atoms with E-state index in [1.807, 2.05) is 0 Å². The molecule has 2 atom stereocenters. The van der Waals surface area contributed by atoms with E-state index in [1.54, 1.807) is 38.1 Å². The normalized spacial score (nSPS) is 12.3. The zero-order valence-corrected chi connectivity index (χ0v) is 22.2. The van der Waals surface area contributed by atoms with Crippen LogP contribution in [0.1, 0.15) is 43.1 Å². The van der Waals surface area contributed by atoms with Crippen molar-refractivity contribution in [2.24, 2.45) is 5.92 Å². The van der Waals surface area contributed by atoms with E-state index in [9.17, 15) is 29.1 Å². The van der Waals surface area contributed by atoms with Gasteiger partial charge in [0.25, 0.3) is 0 Å². The Kier molecular flexibility index (Phi) is 11.2. The number of carboxylic acid groups (broad SMARTS) is 1. The molecule has 2 amide bonds. The van der Waals surface area contributed by atoms with Crippen molar-refractivity contribution >= 4 is 41.0 Å². The Morgan fingerprint density at radius 2 is 1.79 bits per heavy atom. The average Bonchev–Trinajstić information content (AvgIpc) is 2.85. The number of halogens is 1. The number of benzene rings is 1. The number of methoxy groups -OCH3 is 1. The van der Waals surface area contributed by atoms with Gasteiger partial charge in [0.1, 0.15) is 24.4 Å². The van der Waals surface area contributed by atoms with Crippen LogP contribution in [0.15, 0.2) is 36.5 Å². The van der Waals surface area contributed by atoms with Crippen LogP contribution in [0.2, 0.25) is 5.15 Å². The standard InChI is InChI=1S/C26H30ClN3O8/c1-14(2)24(30-22(33)11-17-10-16(15(3)31)7-8-20(17)37-4)26(36)29-18(12-23(34)35)19(32)13-38-21-6-5-9-28-25(21)27/h5-10,14,18,24H,11-13H2,1-4H3,(H,29,36)(H,30,33)(H,34,35)/t18?,24-/m0/s1. The fraction of sp³-hybridized carbons (Fsp3) is 0.385. The Labute approximate surface area is 224 Å². The lowest BCUT2D eigenvalue weighted by Crippen LogP contribution is -2.54. The average molecular weight is 548 g/mol. The fourth-order valence-corrected chi connectivity index (χ4v) is 3.65. The highest BCUT2D eigenvalue weighted by Crippen LogP contribution is 2.22. The summed E-state index contributed by atoms with van der Waals surface area (Å²) in [5, 5.41) is 14.3. The molecule has 2 rings (SSSR count). The molecule has 3 N–H and O–H groups in total. The van der Waals surface area contributed by atoms with E-state index in [0.29, 0.717) is 16.9 Å². The van der Waals surface area contributed by atoms with Crippen molar-refractivity contribution in [2.45, 2.75) is 45.7 Å². The second-order valence-corrected chi connectivity index (χ2v) is 9.11. The van der Waals surface area contributed by atoms with E-state index in [2.05, 4.69) is 15.6 Å². The molecule has 0 aliphatic heterocycles. The molecule has 0 fully saturated rings. The predicted molar refractivity (Wildman–Crippen MR) is 137 cm³/mol. The zero-order chi connectivity index (χ0) is 28.4. The summed E-state index contributed by atoms with van der Waals surface area (Å²) in [6, 6.07) is 5.24. The number of pyridine rings is 1. The van der Waals surface area contributed by atoms with Crippen LogP contribution in [-0.4, -0.2) is 65.2 Å². The molecule has 204 valence electrons. The molecule has 0 aliphatic carbocycles. The molecule has 0 saturated carbocycles. The Bertz CT molecular complexity index is 1200. The van der Waals surface area contributed by atoms with E-state index in [4.69, 9.17) is 21.1 Å². The number of hydrogen-bond donors (Lipinski definition) is 3. The molecule has 1 heterocycles. The molecule has 1 unspecified atom stereocenters. The highest BCUT2D eigenvalue weighted by molar-refractivity contribution is 6.30. The van der Waals surface area contributed by atoms with Crippen LogP contribution in [0.3, 0.4) is 0 Å². The van der Waals surface area contributed by atoms with Gasteiger partial charge in [-0.3, -0.25) is 24.0 Å². The third kappa shape index (κ3) is 8.84. The number of hydrogen-bond acceptors (Lipinski definition) is 8. The summed E-state index contributed by atoms with van der Waals surface area (Å²) >= 11 is 5.91. The SMILES string of the molecule is COc1ccc(C(C)=O)cc1CC(=O)N[C@H](C(=O)NC(CC(=O)O)C(=O)COc1cccnc1Cl)C(C)C. The number of nitrogens with one attached hydrogen (secondary N) is 2. The first-order chi connectivity index (χ1) is 17.9. The van der Waals surface area contributed by atoms with Crippen molar-refractivity contribution in [2.75, 3.05) is 13.7 Å². The van der Waals surface area contributed by atoms with Gasteiger partial charge < -0.3 is 25.2 Å². The van der Waals surface area contributed by atoms with Gasteiger partial charge in [-0.05, 0) is 43.2 Å². The summed E-state index contributed by atoms with van der Waals surface area (Å²) in [5.74, 6) is -3.36. The van der Waals surface area contributed by atoms with E-state index >= 15 is 0 Å². The summed E-state index contributed by atoms with van der Waals surface area (Å²) in [6.45, 7) is 4.21.